The maximum absolute atomic E-state index is 9.91. The molecule has 1 unspecified atom stereocenters. The van der Waals surface area contributed by atoms with Crippen LogP contribution in [-0.2, 0) is 6.42 Å². The van der Waals surface area contributed by atoms with Gasteiger partial charge in [-0.1, -0.05) is 19.4 Å². The third-order valence-corrected chi connectivity index (χ3v) is 3.36. The summed E-state index contributed by atoms with van der Waals surface area (Å²) in [7, 11) is 0. The summed E-state index contributed by atoms with van der Waals surface area (Å²) in [6.45, 7) is 5.63. The number of hydrogen-bond donors (Lipinski definition) is 2. The lowest BCUT2D eigenvalue weighted by atomic mass is 10.0. The van der Waals surface area contributed by atoms with Crippen LogP contribution in [0.3, 0.4) is 0 Å². The maximum Gasteiger partial charge on any atom is 0.0743 e. The minimum absolute atomic E-state index is 0.551. The summed E-state index contributed by atoms with van der Waals surface area (Å²) < 4.78 is 0. The van der Waals surface area contributed by atoms with Crippen molar-refractivity contribution in [2.45, 2.75) is 38.7 Å². The van der Waals surface area contributed by atoms with Crippen LogP contribution in [0.25, 0.3) is 0 Å². The van der Waals surface area contributed by atoms with Crippen LogP contribution in [0.1, 0.15) is 31.6 Å². The Morgan fingerprint density at radius 2 is 2.33 bits per heavy atom. The number of aliphatic hydroxyl groups is 1. The van der Waals surface area contributed by atoms with Crippen molar-refractivity contribution < 1.29 is 5.11 Å². The Hall–Kier alpha value is -0.380. The Morgan fingerprint density at radius 1 is 1.53 bits per heavy atom. The molecule has 0 aliphatic heterocycles. The van der Waals surface area contributed by atoms with Gasteiger partial charge in [-0.15, -0.1) is 11.3 Å². The van der Waals surface area contributed by atoms with Gasteiger partial charge in [-0.05, 0) is 31.2 Å². The fourth-order valence-corrected chi connectivity index (χ4v) is 2.36. The van der Waals surface area contributed by atoms with Crippen LogP contribution < -0.4 is 5.32 Å². The first-order chi connectivity index (χ1) is 7.14. The molecule has 15 heavy (non-hydrogen) atoms. The minimum Gasteiger partial charge on any atom is -0.389 e. The molecule has 1 aromatic heterocycles. The molecule has 0 bridgehead atoms. The summed E-state index contributed by atoms with van der Waals surface area (Å²) in [4.78, 5) is 1.40. The third-order valence-electron chi connectivity index (χ3n) is 2.42. The van der Waals surface area contributed by atoms with E-state index in [4.69, 9.17) is 0 Å². The van der Waals surface area contributed by atoms with Crippen LogP contribution in [0.2, 0.25) is 0 Å². The van der Waals surface area contributed by atoms with Crippen molar-refractivity contribution >= 4 is 11.3 Å². The van der Waals surface area contributed by atoms with E-state index in [1.54, 1.807) is 11.3 Å². The van der Waals surface area contributed by atoms with Crippen LogP contribution in [-0.4, -0.2) is 23.8 Å². The first kappa shape index (κ1) is 12.7. The lowest BCUT2D eigenvalue weighted by Crippen LogP contribution is -2.38. The average Bonchev–Trinajstić information content (AvgIpc) is 2.65. The average molecular weight is 227 g/mol. The molecule has 0 aliphatic carbocycles. The largest absolute Gasteiger partial charge is 0.389 e. The highest BCUT2D eigenvalue weighted by atomic mass is 32.1. The molecule has 3 heteroatoms. The van der Waals surface area contributed by atoms with E-state index in [9.17, 15) is 5.11 Å². The van der Waals surface area contributed by atoms with E-state index in [0.717, 1.165) is 25.8 Å². The summed E-state index contributed by atoms with van der Waals surface area (Å²) in [6.07, 6.45) is 2.94. The molecule has 1 atom stereocenters. The molecule has 2 N–H and O–H groups in total. The van der Waals surface area contributed by atoms with Gasteiger partial charge in [0.1, 0.15) is 0 Å². The Kier molecular flexibility index (Phi) is 5.29. The van der Waals surface area contributed by atoms with Crippen LogP contribution >= 0.6 is 11.3 Å². The van der Waals surface area contributed by atoms with E-state index in [1.807, 2.05) is 6.92 Å². The number of nitrogens with one attached hydrogen (secondary N) is 1. The Morgan fingerprint density at radius 3 is 2.93 bits per heavy atom. The van der Waals surface area contributed by atoms with Crippen molar-refractivity contribution in [2.75, 3.05) is 13.1 Å². The van der Waals surface area contributed by atoms with Gasteiger partial charge in [0.2, 0.25) is 0 Å². The summed E-state index contributed by atoms with van der Waals surface area (Å²) in [5.41, 5.74) is -0.551. The zero-order valence-corrected chi connectivity index (χ0v) is 10.4. The van der Waals surface area contributed by atoms with Gasteiger partial charge in [0.05, 0.1) is 5.60 Å². The second-order valence-corrected chi connectivity index (χ2v) is 5.29. The molecule has 1 heterocycles. The second-order valence-electron chi connectivity index (χ2n) is 4.25. The van der Waals surface area contributed by atoms with E-state index in [0.29, 0.717) is 6.54 Å². The Bertz CT molecular complexity index is 257. The van der Waals surface area contributed by atoms with Crippen molar-refractivity contribution in [1.29, 1.82) is 0 Å². The lowest BCUT2D eigenvalue weighted by Gasteiger charge is -2.22. The highest BCUT2D eigenvalue weighted by molar-refractivity contribution is 7.09. The zero-order chi connectivity index (χ0) is 11.1. The quantitative estimate of drug-likeness (QED) is 0.701. The minimum atomic E-state index is -0.551. The van der Waals surface area contributed by atoms with Gasteiger partial charge in [0, 0.05) is 18.0 Å². The van der Waals surface area contributed by atoms with Gasteiger partial charge in [0.15, 0.2) is 0 Å². The second kappa shape index (κ2) is 6.26. The standard InChI is InChI=1S/C12H21NOS/c1-3-7-12(2,14)10-13-8-6-11-5-4-9-15-11/h4-5,9,13-14H,3,6-8,10H2,1-2H3. The summed E-state index contributed by atoms with van der Waals surface area (Å²) in [5.74, 6) is 0. The summed E-state index contributed by atoms with van der Waals surface area (Å²) in [6, 6.07) is 4.23. The summed E-state index contributed by atoms with van der Waals surface area (Å²) >= 11 is 1.79. The molecule has 0 saturated carbocycles. The van der Waals surface area contributed by atoms with Crippen molar-refractivity contribution in [1.82, 2.24) is 5.32 Å². The van der Waals surface area contributed by atoms with Crippen molar-refractivity contribution in [3.63, 3.8) is 0 Å². The maximum atomic E-state index is 9.91. The molecule has 0 amide bonds. The first-order valence-corrected chi connectivity index (χ1v) is 6.47. The van der Waals surface area contributed by atoms with Crippen molar-refractivity contribution in [3.8, 4) is 0 Å². The molecule has 1 rings (SSSR count). The highest BCUT2D eigenvalue weighted by Gasteiger charge is 2.17. The zero-order valence-electron chi connectivity index (χ0n) is 9.62. The molecule has 0 aromatic carbocycles. The molecule has 0 radical (unpaired) electrons. The van der Waals surface area contributed by atoms with Gasteiger partial charge in [-0.2, -0.15) is 0 Å². The normalized spacial score (nSPS) is 15.1. The van der Waals surface area contributed by atoms with Gasteiger partial charge in [-0.3, -0.25) is 0 Å². The molecule has 1 aromatic rings. The van der Waals surface area contributed by atoms with Gasteiger partial charge in [-0.25, -0.2) is 0 Å². The predicted octanol–water partition coefficient (Wildman–Crippen LogP) is 2.43. The van der Waals surface area contributed by atoms with E-state index >= 15 is 0 Å². The monoisotopic (exact) mass is 227 g/mol. The smallest absolute Gasteiger partial charge is 0.0743 e. The van der Waals surface area contributed by atoms with Crippen molar-refractivity contribution in [3.05, 3.63) is 22.4 Å². The number of hydrogen-bond acceptors (Lipinski definition) is 3. The van der Waals surface area contributed by atoms with Gasteiger partial charge >= 0.3 is 0 Å². The molecule has 86 valence electrons. The Labute approximate surface area is 96.3 Å². The SMILES string of the molecule is CCCC(C)(O)CNCCc1cccs1. The van der Waals surface area contributed by atoms with E-state index in [-0.39, 0.29) is 0 Å². The fraction of sp³-hybridized carbons (Fsp3) is 0.667. The van der Waals surface area contributed by atoms with Crippen LogP contribution in [0.15, 0.2) is 17.5 Å². The molecule has 0 aliphatic rings. The first-order valence-electron chi connectivity index (χ1n) is 5.59. The molecule has 0 spiro atoms. The van der Waals surface area contributed by atoms with Crippen molar-refractivity contribution in [2.24, 2.45) is 0 Å². The van der Waals surface area contributed by atoms with E-state index in [2.05, 4.69) is 29.8 Å². The predicted molar refractivity (Wildman–Crippen MR) is 66.4 cm³/mol. The Balaban J connectivity index is 2.11. The number of rotatable bonds is 7. The third kappa shape index (κ3) is 5.30. The van der Waals surface area contributed by atoms with Gasteiger partial charge < -0.3 is 10.4 Å². The molecule has 0 fully saturated rings. The molecular formula is C12H21NOS. The molecule has 0 saturated heterocycles. The van der Waals surface area contributed by atoms with E-state index in [1.165, 1.54) is 4.88 Å². The highest BCUT2D eigenvalue weighted by Crippen LogP contribution is 2.11. The van der Waals surface area contributed by atoms with Crippen LogP contribution in [0.4, 0.5) is 0 Å². The van der Waals surface area contributed by atoms with Crippen LogP contribution in [0.5, 0.6) is 0 Å². The number of thiophene rings is 1. The van der Waals surface area contributed by atoms with E-state index < -0.39 is 5.60 Å². The molecule has 2 nitrogen and oxygen atoms in total. The summed E-state index contributed by atoms with van der Waals surface area (Å²) in [5, 5.41) is 15.3. The molecular weight excluding hydrogens is 206 g/mol. The van der Waals surface area contributed by atoms with Crippen LogP contribution in [0, 0.1) is 0 Å². The fourth-order valence-electron chi connectivity index (χ4n) is 1.65. The lowest BCUT2D eigenvalue weighted by molar-refractivity contribution is 0.0504. The van der Waals surface area contributed by atoms with Gasteiger partial charge in [0.25, 0.3) is 0 Å². The topological polar surface area (TPSA) is 32.3 Å².